The maximum absolute atomic E-state index is 12.9. The monoisotopic (exact) mass is 467 g/mol. The molecule has 8 nitrogen and oxygen atoms in total. The number of fused-ring (bicyclic) bond motifs is 1. The highest BCUT2D eigenvalue weighted by molar-refractivity contribution is 6.30. The molecule has 2 heterocycles. The van der Waals surface area contributed by atoms with Crippen molar-refractivity contribution in [3.8, 4) is 11.5 Å². The van der Waals surface area contributed by atoms with Crippen molar-refractivity contribution in [1.29, 1.82) is 0 Å². The zero-order valence-electron chi connectivity index (χ0n) is 18.1. The lowest BCUT2D eigenvalue weighted by molar-refractivity contribution is -0.141. The number of carbonyl (C=O) groups excluding carboxylic acids is 1. The Hall–Kier alpha value is -3.65. The Morgan fingerprint density at radius 2 is 1.85 bits per heavy atom. The first kappa shape index (κ1) is 22.5. The van der Waals surface area contributed by atoms with Crippen LogP contribution in [0, 0.1) is 0 Å². The van der Waals surface area contributed by atoms with Crippen LogP contribution in [0.3, 0.4) is 0 Å². The fraction of sp³-hybridized carbons (Fsp3) is 0.250. The van der Waals surface area contributed by atoms with Crippen molar-refractivity contribution >= 4 is 40.1 Å². The number of hydrazone groups is 1. The minimum absolute atomic E-state index is 0.170. The number of benzene rings is 2. The van der Waals surface area contributed by atoms with Crippen LogP contribution in [-0.4, -0.2) is 46.9 Å². The van der Waals surface area contributed by atoms with Gasteiger partial charge in [-0.1, -0.05) is 23.7 Å². The average molecular weight is 468 g/mol. The van der Waals surface area contributed by atoms with Gasteiger partial charge in [0, 0.05) is 35.4 Å². The summed E-state index contributed by atoms with van der Waals surface area (Å²) >= 11 is 6.56. The Kier molecular flexibility index (Phi) is 6.46. The van der Waals surface area contributed by atoms with Gasteiger partial charge in [0.1, 0.15) is 16.7 Å². The summed E-state index contributed by atoms with van der Waals surface area (Å²) in [7, 11) is 3.16. The molecule has 0 aliphatic carbocycles. The number of ether oxygens (including phenoxy) is 2. The third-order valence-corrected chi connectivity index (χ3v) is 5.79. The highest BCUT2D eigenvalue weighted by Crippen LogP contribution is 2.38. The van der Waals surface area contributed by atoms with Crippen LogP contribution in [0.4, 0.5) is 0 Å². The summed E-state index contributed by atoms with van der Waals surface area (Å²) in [5.41, 5.74) is 2.79. The molecule has 0 fully saturated rings. The van der Waals surface area contributed by atoms with Crippen LogP contribution in [0.2, 0.25) is 5.15 Å². The second-order valence-electron chi connectivity index (χ2n) is 7.56. The van der Waals surface area contributed by atoms with E-state index in [0.29, 0.717) is 34.7 Å². The Labute approximate surface area is 195 Å². The summed E-state index contributed by atoms with van der Waals surface area (Å²) in [5, 5.41) is 16.0. The van der Waals surface area contributed by atoms with E-state index in [-0.39, 0.29) is 18.0 Å². The number of aliphatic carboxylic acids is 1. The molecular weight excluding hydrogens is 446 g/mol. The Morgan fingerprint density at radius 1 is 1.09 bits per heavy atom. The fourth-order valence-corrected chi connectivity index (χ4v) is 4.06. The average Bonchev–Trinajstić information content (AvgIpc) is 3.27. The highest BCUT2D eigenvalue weighted by Gasteiger charge is 2.35. The summed E-state index contributed by atoms with van der Waals surface area (Å²) in [6.07, 6.45) is -0.0544. The van der Waals surface area contributed by atoms with Crippen molar-refractivity contribution in [2.24, 2.45) is 5.10 Å². The van der Waals surface area contributed by atoms with Crippen LogP contribution in [0.5, 0.6) is 11.5 Å². The molecule has 1 aromatic heterocycles. The molecule has 1 atom stereocenters. The van der Waals surface area contributed by atoms with Crippen molar-refractivity contribution in [1.82, 2.24) is 9.99 Å². The number of hydrogen-bond donors (Lipinski definition) is 1. The van der Waals surface area contributed by atoms with E-state index >= 15 is 0 Å². The number of aromatic nitrogens is 1. The van der Waals surface area contributed by atoms with Crippen molar-refractivity contribution in [2.75, 3.05) is 14.2 Å². The molecule has 33 heavy (non-hydrogen) atoms. The van der Waals surface area contributed by atoms with E-state index < -0.39 is 17.9 Å². The maximum Gasteiger partial charge on any atom is 0.303 e. The number of amides is 1. The number of methoxy groups -OCH3 is 2. The van der Waals surface area contributed by atoms with E-state index in [0.717, 1.165) is 10.9 Å². The van der Waals surface area contributed by atoms with E-state index in [9.17, 15) is 9.59 Å². The van der Waals surface area contributed by atoms with Crippen LogP contribution in [-0.2, 0) is 9.59 Å². The molecule has 0 saturated carbocycles. The number of carbonyl (C=O) groups is 2. The first-order chi connectivity index (χ1) is 15.9. The predicted octanol–water partition coefficient (Wildman–Crippen LogP) is 4.45. The molecule has 1 N–H and O–H groups in total. The molecule has 1 aliphatic rings. The Morgan fingerprint density at radius 3 is 2.58 bits per heavy atom. The van der Waals surface area contributed by atoms with Crippen LogP contribution in [0.1, 0.15) is 36.4 Å². The van der Waals surface area contributed by atoms with Crippen LogP contribution < -0.4 is 9.47 Å². The molecule has 0 spiro atoms. The molecule has 2 aromatic carbocycles. The van der Waals surface area contributed by atoms with Gasteiger partial charge in [-0.2, -0.15) is 5.10 Å². The lowest BCUT2D eigenvalue weighted by atomic mass is 9.98. The molecule has 0 bridgehead atoms. The summed E-state index contributed by atoms with van der Waals surface area (Å²) in [6.45, 7) is 0. The van der Waals surface area contributed by atoms with Gasteiger partial charge in [0.05, 0.1) is 37.9 Å². The molecule has 9 heteroatoms. The predicted molar refractivity (Wildman–Crippen MR) is 124 cm³/mol. The van der Waals surface area contributed by atoms with Crippen molar-refractivity contribution in [3.63, 3.8) is 0 Å². The number of hydrogen-bond acceptors (Lipinski definition) is 6. The summed E-state index contributed by atoms with van der Waals surface area (Å²) in [4.78, 5) is 28.5. The number of carboxylic acids is 1. The van der Waals surface area contributed by atoms with Gasteiger partial charge in [0.15, 0.2) is 0 Å². The molecule has 1 unspecified atom stereocenters. The quantitative estimate of drug-likeness (QED) is 0.515. The molecule has 0 saturated heterocycles. The van der Waals surface area contributed by atoms with Crippen LogP contribution in [0.15, 0.2) is 53.6 Å². The van der Waals surface area contributed by atoms with Crippen molar-refractivity contribution in [3.05, 3.63) is 64.8 Å². The largest absolute Gasteiger partial charge is 0.497 e. The zero-order chi connectivity index (χ0) is 23.5. The normalized spacial score (nSPS) is 15.4. The molecule has 170 valence electrons. The summed E-state index contributed by atoms with van der Waals surface area (Å²) in [5.74, 6) is -0.114. The van der Waals surface area contributed by atoms with Crippen molar-refractivity contribution < 1.29 is 24.2 Å². The smallest absolute Gasteiger partial charge is 0.303 e. The van der Waals surface area contributed by atoms with Gasteiger partial charge in [-0.3, -0.25) is 9.59 Å². The van der Waals surface area contributed by atoms with Gasteiger partial charge < -0.3 is 14.6 Å². The summed E-state index contributed by atoms with van der Waals surface area (Å²) in [6, 6.07) is 14.2. The maximum atomic E-state index is 12.9. The third kappa shape index (κ3) is 4.75. The molecule has 3 aromatic rings. The lowest BCUT2D eigenvalue weighted by Gasteiger charge is -2.23. The van der Waals surface area contributed by atoms with E-state index in [4.69, 9.17) is 26.2 Å². The zero-order valence-corrected chi connectivity index (χ0v) is 18.9. The van der Waals surface area contributed by atoms with E-state index in [1.807, 2.05) is 42.5 Å². The lowest BCUT2D eigenvalue weighted by Crippen LogP contribution is -2.27. The van der Waals surface area contributed by atoms with Gasteiger partial charge in [0.2, 0.25) is 5.91 Å². The first-order valence-electron chi connectivity index (χ1n) is 10.3. The summed E-state index contributed by atoms with van der Waals surface area (Å²) < 4.78 is 10.6. The number of halogens is 1. The van der Waals surface area contributed by atoms with Gasteiger partial charge in [0.25, 0.3) is 0 Å². The van der Waals surface area contributed by atoms with Gasteiger partial charge in [-0.25, -0.2) is 9.99 Å². The minimum Gasteiger partial charge on any atom is -0.497 e. The Bertz CT molecular complexity index is 1260. The molecule has 4 rings (SSSR count). The van der Waals surface area contributed by atoms with E-state index in [1.54, 1.807) is 20.3 Å². The SMILES string of the molecule is COc1cccc(C2=NN(C(=O)CCC(=O)O)C(c3cc4ccc(OC)cc4nc3Cl)C2)c1. The first-order valence-corrected chi connectivity index (χ1v) is 10.7. The number of pyridine rings is 1. The number of rotatable bonds is 7. The highest BCUT2D eigenvalue weighted by atomic mass is 35.5. The standard InChI is InChI=1S/C24H22ClN3O5/c1-32-16-5-3-4-14(10-16)20-13-21(28(27-20)22(29)8-9-23(30)31)18-11-15-6-7-17(33-2)12-19(15)26-24(18)25/h3-7,10-12,21H,8-9,13H2,1-2H3,(H,30,31). The van der Waals surface area contributed by atoms with E-state index in [2.05, 4.69) is 10.1 Å². The molecule has 0 radical (unpaired) electrons. The third-order valence-electron chi connectivity index (χ3n) is 5.49. The second kappa shape index (κ2) is 9.46. The number of nitrogens with zero attached hydrogens (tertiary/aromatic N) is 3. The molecular formula is C24H22ClN3O5. The molecule has 1 aliphatic heterocycles. The number of carboxylic acid groups (broad SMARTS) is 1. The molecule has 1 amide bonds. The van der Waals surface area contributed by atoms with Crippen LogP contribution in [0.25, 0.3) is 10.9 Å². The second-order valence-corrected chi connectivity index (χ2v) is 7.92. The minimum atomic E-state index is -1.05. The Balaban J connectivity index is 1.74. The topological polar surface area (TPSA) is 101 Å². The van der Waals surface area contributed by atoms with E-state index in [1.165, 1.54) is 5.01 Å². The van der Waals surface area contributed by atoms with Crippen molar-refractivity contribution in [2.45, 2.75) is 25.3 Å². The van der Waals surface area contributed by atoms with Crippen LogP contribution >= 0.6 is 11.6 Å². The fourth-order valence-electron chi connectivity index (χ4n) is 3.79. The van der Waals surface area contributed by atoms with Gasteiger partial charge >= 0.3 is 5.97 Å². The van der Waals surface area contributed by atoms with Gasteiger partial charge in [-0.15, -0.1) is 0 Å². The van der Waals surface area contributed by atoms with Gasteiger partial charge in [-0.05, 0) is 30.3 Å².